The van der Waals surface area contributed by atoms with Gasteiger partial charge in [0.2, 0.25) is 0 Å². The van der Waals surface area contributed by atoms with Crippen LogP contribution < -0.4 is 0 Å². The highest BCUT2D eigenvalue weighted by Crippen LogP contribution is 2.35. The van der Waals surface area contributed by atoms with Gasteiger partial charge in [0.15, 0.2) is 5.69 Å². The Kier molecular flexibility index (Phi) is 3.45. The number of alkyl halides is 6. The zero-order valence-electron chi connectivity index (χ0n) is 7.63. The molecule has 17 heavy (non-hydrogen) atoms. The zero-order chi connectivity index (χ0) is 13.5. The van der Waals surface area contributed by atoms with E-state index in [9.17, 15) is 34.8 Å². The lowest BCUT2D eigenvalue weighted by atomic mass is 10.4. The molecule has 0 fully saturated rings. The first-order chi connectivity index (χ1) is 7.45. The molecule has 0 bridgehead atoms. The molecule has 0 amide bonds. The third-order valence-corrected chi connectivity index (χ3v) is 3.97. The molecule has 0 aliphatic carbocycles. The van der Waals surface area contributed by atoms with E-state index >= 15 is 0 Å². The van der Waals surface area contributed by atoms with E-state index in [1.165, 1.54) is 0 Å². The van der Waals surface area contributed by atoms with Crippen molar-refractivity contribution in [3.63, 3.8) is 0 Å². The summed E-state index contributed by atoms with van der Waals surface area (Å²) in [7, 11) is -5.63. The molecule has 1 heterocycles. The van der Waals surface area contributed by atoms with E-state index in [0.29, 0.717) is 5.51 Å². The molecular weight excluding hydrogens is 296 g/mol. The largest absolute Gasteiger partial charge is 0.497 e. The van der Waals surface area contributed by atoms with Crippen molar-refractivity contribution < 1.29 is 34.8 Å². The monoisotopic (exact) mass is 299 g/mol. The zero-order valence-corrected chi connectivity index (χ0v) is 9.27. The Labute approximate surface area is 95.0 Å². The van der Waals surface area contributed by atoms with Gasteiger partial charge in [0.25, 0.3) is 9.84 Å². The first-order valence-corrected chi connectivity index (χ1v) is 6.27. The van der Waals surface area contributed by atoms with E-state index in [-0.39, 0.29) is 11.3 Å². The normalized spacial score (nSPS) is 14.0. The fourth-order valence-electron chi connectivity index (χ4n) is 0.859. The van der Waals surface area contributed by atoms with Crippen molar-refractivity contribution in [1.29, 1.82) is 0 Å². The minimum absolute atomic E-state index is 0.209. The molecule has 0 radical (unpaired) electrons. The lowest BCUT2D eigenvalue weighted by Gasteiger charge is -2.09. The van der Waals surface area contributed by atoms with Gasteiger partial charge in [-0.15, -0.1) is 11.3 Å². The molecule has 0 saturated carbocycles. The summed E-state index contributed by atoms with van der Waals surface area (Å²) in [6.45, 7) is 0. The van der Waals surface area contributed by atoms with Gasteiger partial charge in [0, 0.05) is 0 Å². The number of nitrogens with zero attached hydrogens (tertiary/aromatic N) is 1. The van der Waals surface area contributed by atoms with E-state index < -0.39 is 37.8 Å². The van der Waals surface area contributed by atoms with Crippen molar-refractivity contribution in [2.75, 3.05) is 0 Å². The van der Waals surface area contributed by atoms with Gasteiger partial charge in [-0.1, -0.05) is 0 Å². The molecule has 0 atom stereocenters. The van der Waals surface area contributed by atoms with E-state index in [1.54, 1.807) is 0 Å². The second kappa shape index (κ2) is 4.12. The van der Waals surface area contributed by atoms with Crippen LogP contribution in [0, 0.1) is 0 Å². The number of aromatic nitrogens is 1. The van der Waals surface area contributed by atoms with Crippen LogP contribution in [0.2, 0.25) is 0 Å². The van der Waals surface area contributed by atoms with Crippen LogP contribution in [0.25, 0.3) is 0 Å². The Hall–Kier alpha value is -0.840. The number of thiazole rings is 1. The molecule has 0 unspecified atom stereocenters. The van der Waals surface area contributed by atoms with Gasteiger partial charge in [0.05, 0.1) is 16.1 Å². The van der Waals surface area contributed by atoms with Crippen LogP contribution in [0.15, 0.2) is 5.51 Å². The topological polar surface area (TPSA) is 47.0 Å². The molecular formula is C6H3F6NO2S2. The molecule has 1 aromatic rings. The Balaban J connectivity index is 3.11. The predicted octanol–water partition coefficient (Wildman–Crippen LogP) is 2.60. The summed E-state index contributed by atoms with van der Waals surface area (Å²) in [5.74, 6) is -1.75. The third kappa shape index (κ3) is 3.09. The standard InChI is InChI=1S/C6H3F6NO2S2/c7-5(8,9)4-3(16-2-13-4)1-17(14,15)6(10,11)12/h2H,1H2. The molecule has 11 heteroatoms. The molecule has 3 nitrogen and oxygen atoms in total. The van der Waals surface area contributed by atoms with Gasteiger partial charge in [-0.3, -0.25) is 0 Å². The molecule has 0 aromatic carbocycles. The maximum Gasteiger partial charge on any atom is 0.497 e. The van der Waals surface area contributed by atoms with Gasteiger partial charge < -0.3 is 0 Å². The van der Waals surface area contributed by atoms with Crippen LogP contribution in [-0.4, -0.2) is 18.9 Å². The van der Waals surface area contributed by atoms with E-state index in [4.69, 9.17) is 0 Å². The second-order valence-electron chi connectivity index (χ2n) is 2.83. The van der Waals surface area contributed by atoms with E-state index in [1.807, 2.05) is 0 Å². The summed E-state index contributed by atoms with van der Waals surface area (Å²) in [6, 6.07) is 0. The van der Waals surface area contributed by atoms with Crippen LogP contribution in [0.5, 0.6) is 0 Å². The predicted molar refractivity (Wildman–Crippen MR) is 45.8 cm³/mol. The van der Waals surface area contributed by atoms with Gasteiger partial charge in [-0.25, -0.2) is 13.4 Å². The van der Waals surface area contributed by atoms with Crippen LogP contribution >= 0.6 is 11.3 Å². The van der Waals surface area contributed by atoms with Gasteiger partial charge in [-0.2, -0.15) is 26.3 Å². The van der Waals surface area contributed by atoms with Crippen molar-refractivity contribution in [3.8, 4) is 0 Å². The lowest BCUT2D eigenvalue weighted by Crippen LogP contribution is -2.25. The molecule has 0 N–H and O–H groups in total. The third-order valence-electron chi connectivity index (χ3n) is 1.58. The number of rotatable bonds is 2. The molecule has 0 aliphatic rings. The summed E-state index contributed by atoms with van der Waals surface area (Å²) in [5, 5.41) is 0. The van der Waals surface area contributed by atoms with E-state index in [2.05, 4.69) is 4.98 Å². The Bertz CT molecular complexity index is 499. The fourth-order valence-corrected chi connectivity index (χ4v) is 2.81. The number of sulfone groups is 1. The highest BCUT2D eigenvalue weighted by Gasteiger charge is 2.47. The highest BCUT2D eigenvalue weighted by molar-refractivity contribution is 7.91. The lowest BCUT2D eigenvalue weighted by molar-refractivity contribution is -0.141. The smallest absolute Gasteiger partial charge is 0.240 e. The SMILES string of the molecule is O=S(=O)(Cc1scnc1C(F)(F)F)C(F)(F)F. The molecule has 1 aromatic heterocycles. The molecule has 0 spiro atoms. The van der Waals surface area contributed by atoms with Crippen molar-refractivity contribution in [2.45, 2.75) is 17.4 Å². The van der Waals surface area contributed by atoms with Gasteiger partial charge in [0.1, 0.15) is 0 Å². The Morgan fingerprint density at radius 1 is 1.18 bits per heavy atom. The van der Waals surface area contributed by atoms with Crippen LogP contribution in [0.3, 0.4) is 0 Å². The van der Waals surface area contributed by atoms with Crippen LogP contribution in [0.1, 0.15) is 10.6 Å². The quantitative estimate of drug-likeness (QED) is 0.789. The number of hydrogen-bond acceptors (Lipinski definition) is 4. The van der Waals surface area contributed by atoms with Crippen LogP contribution in [-0.2, 0) is 21.8 Å². The maximum atomic E-state index is 12.2. The summed E-state index contributed by atoms with van der Waals surface area (Å²) in [5.41, 5.74) is -6.54. The van der Waals surface area contributed by atoms with Gasteiger partial charge >= 0.3 is 11.7 Å². The first kappa shape index (κ1) is 14.2. The van der Waals surface area contributed by atoms with Crippen molar-refractivity contribution in [2.24, 2.45) is 0 Å². The maximum absolute atomic E-state index is 12.2. The van der Waals surface area contributed by atoms with Crippen molar-refractivity contribution >= 4 is 21.2 Å². The first-order valence-electron chi connectivity index (χ1n) is 3.74. The summed E-state index contributed by atoms with van der Waals surface area (Å²) < 4.78 is 93.9. The minimum atomic E-state index is -5.63. The number of halogens is 6. The van der Waals surface area contributed by atoms with Crippen LogP contribution in [0.4, 0.5) is 26.3 Å². The summed E-state index contributed by atoms with van der Waals surface area (Å²) in [4.78, 5) is 1.84. The number of hydrogen-bond donors (Lipinski definition) is 0. The summed E-state index contributed by atoms with van der Waals surface area (Å²) in [6.07, 6.45) is -4.98. The van der Waals surface area contributed by atoms with E-state index in [0.717, 1.165) is 0 Å². The molecule has 1 rings (SSSR count). The molecule has 0 aliphatic heterocycles. The Morgan fingerprint density at radius 2 is 1.71 bits per heavy atom. The average molecular weight is 299 g/mol. The van der Waals surface area contributed by atoms with Gasteiger partial charge in [-0.05, 0) is 0 Å². The fraction of sp³-hybridized carbons (Fsp3) is 0.500. The second-order valence-corrected chi connectivity index (χ2v) is 5.75. The summed E-state index contributed by atoms with van der Waals surface area (Å²) >= 11 is 0.209. The molecule has 98 valence electrons. The highest BCUT2D eigenvalue weighted by atomic mass is 32.2. The van der Waals surface area contributed by atoms with Crippen molar-refractivity contribution in [1.82, 2.24) is 4.98 Å². The Morgan fingerprint density at radius 3 is 2.12 bits per heavy atom. The molecule has 0 saturated heterocycles. The average Bonchev–Trinajstić information content (AvgIpc) is 2.47. The minimum Gasteiger partial charge on any atom is -0.240 e. The van der Waals surface area contributed by atoms with Crippen molar-refractivity contribution in [3.05, 3.63) is 16.1 Å².